The van der Waals surface area contributed by atoms with Crippen LogP contribution in [0, 0.1) is 0 Å². The largest absolute Gasteiger partial charge is 0.331 e. The van der Waals surface area contributed by atoms with Crippen molar-refractivity contribution in [2.24, 2.45) is 10.2 Å². The molecular weight excluding hydrogens is 428 g/mol. The van der Waals surface area contributed by atoms with Gasteiger partial charge < -0.3 is 0 Å². The number of carbonyl (C=O) groups excluding carboxylic acids is 2. The molecule has 0 aromatic heterocycles. The number of hydrogen-bond acceptors (Lipinski definition) is 6. The van der Waals surface area contributed by atoms with E-state index in [-0.39, 0.29) is 0 Å². The standard InChI is InChI=1S/C26H32N6O2/c33-25(29-27-23-11-15-31(16-12-23)19-21-7-3-1-4-8-21)26(34)30-28-24-13-17-32(18-14-24)20-22-9-5-2-6-10-22/h1-10H,11-20H2,(H,29,33)(H,30,34). The lowest BCUT2D eigenvalue weighted by molar-refractivity contribution is -0.139. The molecule has 4 rings (SSSR count). The highest BCUT2D eigenvalue weighted by molar-refractivity contribution is 6.35. The molecule has 0 aliphatic carbocycles. The van der Waals surface area contributed by atoms with Crippen LogP contribution in [0.1, 0.15) is 36.8 Å². The van der Waals surface area contributed by atoms with Gasteiger partial charge in [0, 0.05) is 76.4 Å². The Hall–Kier alpha value is -3.36. The van der Waals surface area contributed by atoms with E-state index >= 15 is 0 Å². The van der Waals surface area contributed by atoms with Crippen molar-refractivity contribution in [1.29, 1.82) is 0 Å². The van der Waals surface area contributed by atoms with E-state index < -0.39 is 11.8 Å². The molecule has 2 aromatic carbocycles. The topological polar surface area (TPSA) is 89.4 Å². The summed E-state index contributed by atoms with van der Waals surface area (Å²) in [5, 5.41) is 8.33. The zero-order valence-electron chi connectivity index (χ0n) is 19.4. The third kappa shape index (κ3) is 7.33. The maximum absolute atomic E-state index is 12.1. The molecule has 2 aliphatic heterocycles. The van der Waals surface area contributed by atoms with Crippen molar-refractivity contribution >= 4 is 23.2 Å². The molecule has 178 valence electrons. The summed E-state index contributed by atoms with van der Waals surface area (Å²) in [4.78, 5) is 28.9. The molecule has 0 bridgehead atoms. The fourth-order valence-corrected chi connectivity index (χ4v) is 4.21. The average molecular weight is 461 g/mol. The fraction of sp³-hybridized carbons (Fsp3) is 0.385. The predicted molar refractivity (Wildman–Crippen MR) is 133 cm³/mol. The number of nitrogens with one attached hydrogen (secondary N) is 2. The van der Waals surface area contributed by atoms with E-state index in [2.05, 4.69) is 55.1 Å². The minimum atomic E-state index is -0.787. The number of nitrogens with zero attached hydrogens (tertiary/aromatic N) is 4. The SMILES string of the molecule is O=C(NN=C1CCN(Cc2ccccc2)CC1)C(=O)NN=C1CCN(Cc2ccccc2)CC1. The molecule has 0 unspecified atom stereocenters. The smallest absolute Gasteiger partial charge is 0.298 e. The molecule has 2 aromatic rings. The molecule has 2 fully saturated rings. The normalized spacial score (nSPS) is 17.2. The van der Waals surface area contributed by atoms with E-state index in [1.807, 2.05) is 36.4 Å². The third-order valence-electron chi connectivity index (χ3n) is 6.20. The van der Waals surface area contributed by atoms with Crippen LogP contribution in [0.5, 0.6) is 0 Å². The molecule has 2 aliphatic rings. The summed E-state index contributed by atoms with van der Waals surface area (Å²) in [6, 6.07) is 20.7. The highest BCUT2D eigenvalue weighted by atomic mass is 16.2. The van der Waals surface area contributed by atoms with E-state index in [0.717, 1.165) is 76.4 Å². The van der Waals surface area contributed by atoms with Crippen LogP contribution in [0.15, 0.2) is 70.9 Å². The van der Waals surface area contributed by atoms with Gasteiger partial charge in [-0.1, -0.05) is 60.7 Å². The van der Waals surface area contributed by atoms with Gasteiger partial charge in [0.25, 0.3) is 0 Å². The second-order valence-corrected chi connectivity index (χ2v) is 8.76. The summed E-state index contributed by atoms with van der Waals surface area (Å²) in [6.07, 6.45) is 3.10. The number of piperidine rings is 2. The number of carbonyl (C=O) groups is 2. The number of hydrogen-bond donors (Lipinski definition) is 2. The van der Waals surface area contributed by atoms with Gasteiger partial charge in [0.15, 0.2) is 0 Å². The Morgan fingerprint density at radius 2 is 0.971 bits per heavy atom. The van der Waals surface area contributed by atoms with Crippen molar-refractivity contribution in [3.63, 3.8) is 0 Å². The Morgan fingerprint density at radius 3 is 1.32 bits per heavy atom. The van der Waals surface area contributed by atoms with E-state index in [4.69, 9.17) is 0 Å². The van der Waals surface area contributed by atoms with Gasteiger partial charge in [-0.05, 0) is 11.1 Å². The second kappa shape index (κ2) is 12.2. The first-order valence-electron chi connectivity index (χ1n) is 11.9. The minimum Gasteiger partial charge on any atom is -0.298 e. The first-order chi connectivity index (χ1) is 16.7. The van der Waals surface area contributed by atoms with Crippen molar-refractivity contribution in [1.82, 2.24) is 20.7 Å². The third-order valence-corrected chi connectivity index (χ3v) is 6.20. The Kier molecular flexibility index (Phi) is 8.54. The first-order valence-corrected chi connectivity index (χ1v) is 11.9. The number of rotatable bonds is 6. The Balaban J connectivity index is 1.14. The molecule has 0 saturated carbocycles. The summed E-state index contributed by atoms with van der Waals surface area (Å²) in [6.45, 7) is 5.34. The maximum Gasteiger partial charge on any atom is 0.331 e. The number of likely N-dealkylation sites (tertiary alicyclic amines) is 2. The van der Waals surface area contributed by atoms with Crippen molar-refractivity contribution in [2.75, 3.05) is 26.2 Å². The molecule has 8 nitrogen and oxygen atoms in total. The summed E-state index contributed by atoms with van der Waals surface area (Å²) >= 11 is 0. The molecule has 8 heteroatoms. The molecule has 34 heavy (non-hydrogen) atoms. The minimum absolute atomic E-state index is 0.774. The summed E-state index contributed by atoms with van der Waals surface area (Å²) in [5.41, 5.74) is 9.15. The van der Waals surface area contributed by atoms with Gasteiger partial charge in [0.05, 0.1) is 0 Å². The highest BCUT2D eigenvalue weighted by Crippen LogP contribution is 2.13. The summed E-state index contributed by atoms with van der Waals surface area (Å²) in [7, 11) is 0. The van der Waals surface area contributed by atoms with Crippen LogP contribution in [-0.2, 0) is 22.7 Å². The number of benzene rings is 2. The van der Waals surface area contributed by atoms with Crippen LogP contribution in [0.4, 0.5) is 0 Å². The highest BCUT2D eigenvalue weighted by Gasteiger charge is 2.19. The Morgan fingerprint density at radius 1 is 0.618 bits per heavy atom. The molecule has 2 heterocycles. The lowest BCUT2D eigenvalue weighted by Gasteiger charge is -2.27. The monoisotopic (exact) mass is 460 g/mol. The van der Waals surface area contributed by atoms with Crippen molar-refractivity contribution < 1.29 is 9.59 Å². The average Bonchev–Trinajstić information content (AvgIpc) is 2.89. The van der Waals surface area contributed by atoms with E-state index in [1.54, 1.807) is 0 Å². The molecule has 0 radical (unpaired) electrons. The van der Waals surface area contributed by atoms with E-state index in [9.17, 15) is 9.59 Å². The zero-order chi connectivity index (χ0) is 23.6. The number of hydrazone groups is 2. The summed E-state index contributed by atoms with van der Waals surface area (Å²) in [5.74, 6) is -1.57. The van der Waals surface area contributed by atoms with Gasteiger partial charge in [-0.2, -0.15) is 10.2 Å². The van der Waals surface area contributed by atoms with Gasteiger partial charge in [-0.25, -0.2) is 10.9 Å². The van der Waals surface area contributed by atoms with Crippen LogP contribution >= 0.6 is 0 Å². The van der Waals surface area contributed by atoms with Gasteiger partial charge in [-0.15, -0.1) is 0 Å². The van der Waals surface area contributed by atoms with Crippen LogP contribution < -0.4 is 10.9 Å². The molecular formula is C26H32N6O2. The fourth-order valence-electron chi connectivity index (χ4n) is 4.21. The van der Waals surface area contributed by atoms with Crippen molar-refractivity contribution in [3.05, 3.63) is 71.8 Å². The van der Waals surface area contributed by atoms with E-state index in [0.29, 0.717) is 0 Å². The predicted octanol–water partition coefficient (Wildman–Crippen LogP) is 2.52. The quantitative estimate of drug-likeness (QED) is 0.512. The van der Waals surface area contributed by atoms with Crippen molar-refractivity contribution in [3.8, 4) is 0 Å². The molecule has 2 N–H and O–H groups in total. The van der Waals surface area contributed by atoms with Gasteiger partial charge in [0.1, 0.15) is 0 Å². The molecule has 0 atom stereocenters. The van der Waals surface area contributed by atoms with Gasteiger partial charge in [0.2, 0.25) is 0 Å². The lowest BCUT2D eigenvalue weighted by atomic mass is 10.1. The van der Waals surface area contributed by atoms with Crippen LogP contribution in [-0.4, -0.2) is 59.2 Å². The lowest BCUT2D eigenvalue weighted by Crippen LogP contribution is -2.39. The van der Waals surface area contributed by atoms with Crippen LogP contribution in [0.2, 0.25) is 0 Å². The maximum atomic E-state index is 12.1. The van der Waals surface area contributed by atoms with Crippen molar-refractivity contribution in [2.45, 2.75) is 38.8 Å². The molecule has 0 spiro atoms. The zero-order valence-corrected chi connectivity index (χ0v) is 19.4. The van der Waals surface area contributed by atoms with Crippen LogP contribution in [0.3, 0.4) is 0 Å². The van der Waals surface area contributed by atoms with Gasteiger partial charge in [-0.3, -0.25) is 19.4 Å². The second-order valence-electron chi connectivity index (χ2n) is 8.76. The van der Waals surface area contributed by atoms with E-state index in [1.165, 1.54) is 11.1 Å². The molecule has 2 saturated heterocycles. The first kappa shape index (κ1) is 23.8. The Labute approximate surface area is 200 Å². The Bertz CT molecular complexity index is 919. The van der Waals surface area contributed by atoms with Crippen LogP contribution in [0.25, 0.3) is 0 Å². The summed E-state index contributed by atoms with van der Waals surface area (Å²) < 4.78 is 0. The number of amides is 2. The van der Waals surface area contributed by atoms with Gasteiger partial charge >= 0.3 is 11.8 Å². The molecule has 2 amide bonds.